The molecule has 2 aromatic heterocycles. The van der Waals surface area contributed by atoms with Gasteiger partial charge in [0.1, 0.15) is 0 Å². The van der Waals surface area contributed by atoms with Crippen molar-refractivity contribution in [3.8, 4) is 0 Å². The topological polar surface area (TPSA) is 41.0 Å². The van der Waals surface area contributed by atoms with E-state index >= 15 is 0 Å². The van der Waals surface area contributed by atoms with Crippen LogP contribution >= 0.6 is 11.3 Å². The molecule has 0 atom stereocenters. The van der Waals surface area contributed by atoms with Gasteiger partial charge in [0.15, 0.2) is 0 Å². The minimum Gasteiger partial charge on any atom is -0.361 e. The second-order valence-corrected chi connectivity index (χ2v) is 6.17. The highest BCUT2D eigenvalue weighted by atomic mass is 32.1. The first-order valence-electron chi connectivity index (χ1n) is 6.77. The second kappa shape index (κ2) is 4.82. The molecule has 102 valence electrons. The lowest BCUT2D eigenvalue weighted by atomic mass is 10.2. The molecule has 1 N–H and O–H groups in total. The predicted molar refractivity (Wildman–Crippen MR) is 89.9 cm³/mol. The van der Waals surface area contributed by atoms with Gasteiger partial charge in [0, 0.05) is 28.9 Å². The third-order valence-corrected chi connectivity index (χ3v) is 4.40. The number of nitrogens with one attached hydrogen (secondary N) is 1. The quantitative estimate of drug-likeness (QED) is 0.528. The lowest BCUT2D eigenvalue weighted by molar-refractivity contribution is 1.34. The summed E-state index contributed by atoms with van der Waals surface area (Å²) in [5, 5.41) is 2.27. The molecule has 21 heavy (non-hydrogen) atoms. The van der Waals surface area contributed by atoms with Gasteiger partial charge in [-0.15, -0.1) is 11.3 Å². The van der Waals surface area contributed by atoms with Crippen molar-refractivity contribution < 1.29 is 0 Å². The van der Waals surface area contributed by atoms with Gasteiger partial charge in [0.2, 0.25) is 0 Å². The largest absolute Gasteiger partial charge is 0.361 e. The molecule has 0 fully saturated rings. The summed E-state index contributed by atoms with van der Waals surface area (Å²) in [6.07, 6.45) is 3.89. The van der Waals surface area contributed by atoms with E-state index in [1.54, 1.807) is 11.3 Å². The summed E-state index contributed by atoms with van der Waals surface area (Å²) < 4.78 is 1.21. The van der Waals surface area contributed by atoms with Crippen molar-refractivity contribution in [2.24, 2.45) is 4.99 Å². The fourth-order valence-corrected chi connectivity index (χ4v) is 3.26. The Kier molecular flexibility index (Phi) is 2.82. The van der Waals surface area contributed by atoms with E-state index in [1.807, 2.05) is 43.6 Å². The lowest BCUT2D eigenvalue weighted by Gasteiger charge is -1.94. The number of H-pyrrole nitrogens is 1. The Morgan fingerprint density at radius 2 is 2.10 bits per heavy atom. The van der Waals surface area contributed by atoms with Crippen molar-refractivity contribution in [2.75, 3.05) is 0 Å². The number of benzene rings is 2. The highest BCUT2D eigenvalue weighted by Gasteiger charge is 2.02. The van der Waals surface area contributed by atoms with Crippen LogP contribution in [0.25, 0.3) is 21.1 Å². The van der Waals surface area contributed by atoms with Crippen LogP contribution in [0.4, 0.5) is 5.69 Å². The summed E-state index contributed by atoms with van der Waals surface area (Å²) in [7, 11) is 0. The van der Waals surface area contributed by atoms with Gasteiger partial charge in [-0.25, -0.2) is 4.98 Å². The van der Waals surface area contributed by atoms with Gasteiger partial charge in [0.05, 0.1) is 20.9 Å². The molecular weight excluding hydrogens is 278 g/mol. The van der Waals surface area contributed by atoms with E-state index in [-0.39, 0.29) is 0 Å². The Bertz CT molecular complexity index is 962. The van der Waals surface area contributed by atoms with Crippen molar-refractivity contribution >= 4 is 44.4 Å². The molecular formula is C17H13N3S. The van der Waals surface area contributed by atoms with E-state index in [0.29, 0.717) is 0 Å². The average molecular weight is 291 g/mol. The van der Waals surface area contributed by atoms with Crippen LogP contribution in [-0.4, -0.2) is 16.2 Å². The van der Waals surface area contributed by atoms with Crippen LogP contribution in [0.2, 0.25) is 0 Å². The molecule has 0 saturated carbocycles. The number of para-hydroxylation sites is 1. The molecule has 3 nitrogen and oxygen atoms in total. The molecule has 2 aromatic carbocycles. The number of aliphatic imine (C=N–C) groups is 1. The van der Waals surface area contributed by atoms with Crippen LogP contribution in [-0.2, 0) is 0 Å². The van der Waals surface area contributed by atoms with E-state index in [1.165, 1.54) is 10.1 Å². The van der Waals surface area contributed by atoms with Gasteiger partial charge >= 0.3 is 0 Å². The van der Waals surface area contributed by atoms with E-state index in [2.05, 4.69) is 33.2 Å². The molecule has 0 amide bonds. The molecule has 0 radical (unpaired) electrons. The maximum Gasteiger partial charge on any atom is 0.0907 e. The number of aryl methyl sites for hydroxylation is 1. The second-order valence-electron chi connectivity index (χ2n) is 4.93. The van der Waals surface area contributed by atoms with E-state index < -0.39 is 0 Å². The zero-order valence-corrected chi connectivity index (χ0v) is 12.3. The number of fused-ring (bicyclic) bond motifs is 2. The molecule has 0 unspecified atom stereocenters. The van der Waals surface area contributed by atoms with Crippen LogP contribution < -0.4 is 0 Å². The van der Waals surface area contributed by atoms with Gasteiger partial charge < -0.3 is 4.98 Å². The first-order chi connectivity index (χ1) is 10.3. The fourth-order valence-electron chi connectivity index (χ4n) is 2.46. The molecule has 4 aromatic rings. The number of thiazole rings is 1. The minimum atomic E-state index is 0.929. The molecule has 4 heteroatoms. The number of hydrogen-bond acceptors (Lipinski definition) is 3. The molecule has 0 aliphatic carbocycles. The Hall–Kier alpha value is -2.46. The maximum atomic E-state index is 4.58. The van der Waals surface area contributed by atoms with E-state index in [0.717, 1.165) is 27.3 Å². The summed E-state index contributed by atoms with van der Waals surface area (Å²) in [5.41, 5.74) is 4.17. The van der Waals surface area contributed by atoms with Crippen molar-refractivity contribution in [1.82, 2.24) is 9.97 Å². The molecule has 0 saturated heterocycles. The fraction of sp³-hybridized carbons (Fsp3) is 0.0588. The van der Waals surface area contributed by atoms with Gasteiger partial charge in [0.25, 0.3) is 0 Å². The van der Waals surface area contributed by atoms with Crippen LogP contribution in [0.3, 0.4) is 0 Å². The number of nitrogens with zero attached hydrogens (tertiary/aromatic N) is 2. The third kappa shape index (κ3) is 2.23. The van der Waals surface area contributed by atoms with Crippen molar-refractivity contribution in [3.63, 3.8) is 0 Å². The molecule has 2 heterocycles. The minimum absolute atomic E-state index is 0.929. The summed E-state index contributed by atoms with van der Waals surface area (Å²) in [6.45, 7) is 2.03. The zero-order chi connectivity index (χ0) is 14.2. The van der Waals surface area contributed by atoms with Crippen LogP contribution in [0.5, 0.6) is 0 Å². The average Bonchev–Trinajstić information content (AvgIpc) is 3.07. The molecule has 0 aliphatic rings. The summed E-state index contributed by atoms with van der Waals surface area (Å²) in [4.78, 5) is 12.3. The van der Waals surface area contributed by atoms with Gasteiger partial charge in [-0.05, 0) is 31.2 Å². The Balaban J connectivity index is 1.72. The maximum absolute atomic E-state index is 4.58. The highest BCUT2D eigenvalue weighted by Crippen LogP contribution is 2.26. The number of aromatic amines is 1. The number of hydrogen-bond donors (Lipinski definition) is 1. The van der Waals surface area contributed by atoms with Gasteiger partial charge in [-0.2, -0.15) is 0 Å². The smallest absolute Gasteiger partial charge is 0.0907 e. The standard InChI is InChI=1S/C17H13N3S/c1-11-20-16-8-13(6-7-17(16)21-11)18-9-12-10-19-15-5-3-2-4-14(12)15/h2-10,19H,1H3. The molecule has 0 spiro atoms. The van der Waals surface area contributed by atoms with Crippen LogP contribution in [0.1, 0.15) is 10.6 Å². The van der Waals surface area contributed by atoms with Crippen LogP contribution in [0.15, 0.2) is 53.7 Å². The Morgan fingerprint density at radius 1 is 1.19 bits per heavy atom. The van der Waals surface area contributed by atoms with Crippen molar-refractivity contribution in [1.29, 1.82) is 0 Å². The first-order valence-corrected chi connectivity index (χ1v) is 7.59. The monoisotopic (exact) mass is 291 g/mol. The highest BCUT2D eigenvalue weighted by molar-refractivity contribution is 7.18. The van der Waals surface area contributed by atoms with Gasteiger partial charge in [-0.3, -0.25) is 4.99 Å². The van der Waals surface area contributed by atoms with E-state index in [9.17, 15) is 0 Å². The molecule has 0 bridgehead atoms. The Labute approximate surface area is 126 Å². The first kappa shape index (κ1) is 12.3. The summed E-state index contributed by atoms with van der Waals surface area (Å²) in [6, 6.07) is 14.4. The third-order valence-electron chi connectivity index (χ3n) is 3.45. The normalized spacial score (nSPS) is 11.9. The van der Waals surface area contributed by atoms with Crippen molar-refractivity contribution in [3.05, 3.63) is 59.2 Å². The van der Waals surface area contributed by atoms with E-state index in [4.69, 9.17) is 0 Å². The van der Waals surface area contributed by atoms with Crippen molar-refractivity contribution in [2.45, 2.75) is 6.92 Å². The lowest BCUT2D eigenvalue weighted by Crippen LogP contribution is -1.77. The number of aromatic nitrogens is 2. The summed E-state index contributed by atoms with van der Waals surface area (Å²) >= 11 is 1.71. The SMILES string of the molecule is Cc1nc2cc(N=Cc3c[nH]c4ccccc34)ccc2s1. The molecule has 4 rings (SSSR count). The van der Waals surface area contributed by atoms with Crippen LogP contribution in [0, 0.1) is 6.92 Å². The zero-order valence-electron chi connectivity index (χ0n) is 11.5. The van der Waals surface area contributed by atoms with Gasteiger partial charge in [-0.1, -0.05) is 18.2 Å². The Morgan fingerprint density at radius 3 is 3.05 bits per heavy atom. The number of rotatable bonds is 2. The predicted octanol–water partition coefficient (Wildman–Crippen LogP) is 4.84. The molecule has 0 aliphatic heterocycles. The summed E-state index contributed by atoms with van der Waals surface area (Å²) in [5.74, 6) is 0.